The third-order valence-corrected chi connectivity index (χ3v) is 7.79. The lowest BCUT2D eigenvalue weighted by Gasteiger charge is -2.48. The van der Waals surface area contributed by atoms with Crippen molar-refractivity contribution >= 4 is 34.2 Å². The van der Waals surface area contributed by atoms with Crippen molar-refractivity contribution in [2.75, 3.05) is 58.3 Å². The molecule has 1 fully saturated rings. The molecule has 0 radical (unpaired) electrons. The first-order valence-corrected chi connectivity index (χ1v) is 11.4. The third-order valence-electron chi connectivity index (χ3n) is 6.06. The fourth-order valence-corrected chi connectivity index (χ4v) is 5.73. The minimum absolute atomic E-state index is 0.194. The lowest BCUT2D eigenvalue weighted by molar-refractivity contribution is -1.13. The van der Waals surface area contributed by atoms with Crippen LogP contribution in [0.1, 0.15) is 6.42 Å². The number of hydrogen-bond donors (Lipinski definition) is 0. The second-order valence-electron chi connectivity index (χ2n) is 8.01. The number of rotatable bonds is 5. The number of quaternary nitrogens is 2. The summed E-state index contributed by atoms with van der Waals surface area (Å²) in [7, 11) is 3.46. The smallest absolute Gasteiger partial charge is 0.182 e. The fraction of sp³-hybridized carbons (Fsp3) is 0.429. The molecule has 0 aromatic heterocycles. The van der Waals surface area contributed by atoms with Crippen LogP contribution >= 0.6 is 11.6 Å². The van der Waals surface area contributed by atoms with E-state index in [2.05, 4.69) is 4.90 Å². The van der Waals surface area contributed by atoms with E-state index in [1.807, 2.05) is 36.4 Å². The van der Waals surface area contributed by atoms with Gasteiger partial charge in [-0.2, -0.15) is 4.65 Å². The zero-order valence-corrected chi connectivity index (χ0v) is 18.4. The summed E-state index contributed by atoms with van der Waals surface area (Å²) in [6, 6.07) is 13.4. The number of hydrogen-bond acceptors (Lipinski definition) is 4. The quantitative estimate of drug-likeness (QED) is 0.407. The monoisotopic (exact) mass is 436 g/mol. The van der Waals surface area contributed by atoms with Gasteiger partial charge in [-0.15, -0.1) is 0 Å². The molecule has 2 heterocycles. The van der Waals surface area contributed by atoms with Crippen LogP contribution in [0.25, 0.3) is 0 Å². The zero-order valence-electron chi connectivity index (χ0n) is 16.8. The minimum atomic E-state index is -1.21. The summed E-state index contributed by atoms with van der Waals surface area (Å²) in [5.74, 6) is 0. The van der Waals surface area contributed by atoms with Crippen LogP contribution in [0.2, 0.25) is 5.02 Å². The van der Waals surface area contributed by atoms with Crippen molar-refractivity contribution in [3.63, 3.8) is 0 Å². The van der Waals surface area contributed by atoms with E-state index in [1.165, 1.54) is 0 Å². The first-order valence-electron chi connectivity index (χ1n) is 9.89. The second-order valence-corrected chi connectivity index (χ2v) is 9.86. The molecule has 0 amide bonds. The standard InChI is InChI=1S/C21H27ClN3O3S/c1-24(26)12-14-25(28-2,15-13-24)11-5-10-23-18-6-3-4-7-20(18)29(27)21-9-8-17(22)16-19(21)23/h3-4,6-9,16H,5,10-15H2,1-2H3/q+1. The van der Waals surface area contributed by atoms with Gasteiger partial charge in [-0.1, -0.05) is 23.7 Å². The summed E-state index contributed by atoms with van der Waals surface area (Å²) in [5, 5.41) is 12.8. The summed E-state index contributed by atoms with van der Waals surface area (Å²) < 4.78 is 13.4. The molecule has 0 saturated carbocycles. The number of piperazine rings is 1. The normalized spacial score (nSPS) is 28.7. The first kappa shape index (κ1) is 20.9. The highest BCUT2D eigenvalue weighted by molar-refractivity contribution is 7.92. The third kappa shape index (κ3) is 4.14. The Bertz CT molecular complexity index is 885. The number of benzene rings is 2. The van der Waals surface area contributed by atoms with E-state index in [0.29, 0.717) is 22.8 Å². The van der Waals surface area contributed by atoms with Gasteiger partial charge < -0.3 is 19.3 Å². The number of likely N-dealkylation sites (N-methyl/N-ethyl adjacent to an activating group) is 1. The molecule has 1 atom stereocenters. The first-order chi connectivity index (χ1) is 13.8. The summed E-state index contributed by atoms with van der Waals surface area (Å²) >= 11 is 5.05. The van der Waals surface area contributed by atoms with Crippen LogP contribution in [0.15, 0.2) is 52.3 Å². The molecule has 2 aromatic rings. The van der Waals surface area contributed by atoms with E-state index < -0.39 is 11.2 Å². The molecule has 8 heteroatoms. The predicted molar refractivity (Wildman–Crippen MR) is 115 cm³/mol. The molecule has 2 aliphatic rings. The average Bonchev–Trinajstić information content (AvgIpc) is 2.72. The molecule has 0 aliphatic carbocycles. The highest BCUT2D eigenvalue weighted by Crippen LogP contribution is 2.44. The lowest BCUT2D eigenvalue weighted by Crippen LogP contribution is -2.63. The molecular formula is C21H27ClN3O3S+. The van der Waals surface area contributed by atoms with Crippen molar-refractivity contribution in [3.8, 4) is 0 Å². The molecule has 2 aromatic carbocycles. The highest BCUT2D eigenvalue weighted by Gasteiger charge is 2.38. The van der Waals surface area contributed by atoms with Gasteiger partial charge in [0.2, 0.25) is 0 Å². The second kappa shape index (κ2) is 8.07. The van der Waals surface area contributed by atoms with E-state index in [1.54, 1.807) is 20.2 Å². The molecule has 6 nitrogen and oxygen atoms in total. The SMILES string of the molecule is CO[N+]1(CCCN2c3ccccc3[S+]([O-])c3ccc(Cl)cc32)CC[N+](C)([O-])CC1. The van der Waals surface area contributed by atoms with Crippen LogP contribution in [-0.2, 0) is 16.0 Å². The van der Waals surface area contributed by atoms with Crippen LogP contribution in [0.3, 0.4) is 0 Å². The molecule has 2 aliphatic heterocycles. The van der Waals surface area contributed by atoms with E-state index in [4.69, 9.17) is 16.4 Å². The fourth-order valence-electron chi connectivity index (χ4n) is 4.21. The van der Waals surface area contributed by atoms with Gasteiger partial charge >= 0.3 is 0 Å². The topological polar surface area (TPSA) is 58.6 Å². The molecule has 0 N–H and O–H groups in total. The Labute approximate surface area is 180 Å². The van der Waals surface area contributed by atoms with Crippen molar-refractivity contribution in [2.45, 2.75) is 16.2 Å². The maximum absolute atomic E-state index is 13.0. The van der Waals surface area contributed by atoms with E-state index >= 15 is 0 Å². The summed E-state index contributed by atoms with van der Waals surface area (Å²) in [6.07, 6.45) is 0.878. The summed E-state index contributed by atoms with van der Waals surface area (Å²) in [4.78, 5) is 9.67. The Morgan fingerprint density at radius 2 is 1.76 bits per heavy atom. The largest absolute Gasteiger partial charge is 0.633 e. The Kier molecular flexibility index (Phi) is 5.83. The van der Waals surface area contributed by atoms with E-state index in [-0.39, 0.29) is 4.65 Å². The van der Waals surface area contributed by atoms with Gasteiger partial charge in [0.1, 0.15) is 19.6 Å². The number of nitrogens with zero attached hydrogens (tertiary/aromatic N) is 3. The Hall–Kier alpha value is -1.32. The highest BCUT2D eigenvalue weighted by atomic mass is 35.5. The van der Waals surface area contributed by atoms with Crippen LogP contribution in [0.4, 0.5) is 11.4 Å². The van der Waals surface area contributed by atoms with Gasteiger partial charge in [0.05, 0.1) is 25.5 Å². The Morgan fingerprint density at radius 3 is 2.48 bits per heavy atom. The van der Waals surface area contributed by atoms with Crippen LogP contribution in [0, 0.1) is 5.21 Å². The average molecular weight is 437 g/mol. The van der Waals surface area contributed by atoms with Crippen molar-refractivity contribution in [1.29, 1.82) is 0 Å². The van der Waals surface area contributed by atoms with Crippen LogP contribution < -0.4 is 4.90 Å². The Morgan fingerprint density at radius 1 is 1.07 bits per heavy atom. The molecule has 29 heavy (non-hydrogen) atoms. The number of hydroxylamine groups is 6. The number of halogens is 1. The zero-order chi connectivity index (χ0) is 20.6. The minimum Gasteiger partial charge on any atom is -0.633 e. The molecular weight excluding hydrogens is 410 g/mol. The maximum Gasteiger partial charge on any atom is 0.182 e. The van der Waals surface area contributed by atoms with Gasteiger partial charge in [0.15, 0.2) is 22.9 Å². The molecule has 1 unspecified atom stereocenters. The van der Waals surface area contributed by atoms with Crippen molar-refractivity contribution in [3.05, 3.63) is 52.7 Å². The van der Waals surface area contributed by atoms with Gasteiger partial charge in [-0.25, -0.2) is 4.84 Å². The van der Waals surface area contributed by atoms with Gasteiger partial charge in [0, 0.05) is 29.2 Å². The van der Waals surface area contributed by atoms with Crippen LogP contribution in [0.5, 0.6) is 0 Å². The van der Waals surface area contributed by atoms with Crippen molar-refractivity contribution in [1.82, 2.24) is 0 Å². The predicted octanol–water partition coefficient (Wildman–Crippen LogP) is 3.68. The van der Waals surface area contributed by atoms with Gasteiger partial charge in [-0.3, -0.25) is 0 Å². The molecule has 4 rings (SSSR count). The van der Waals surface area contributed by atoms with Gasteiger partial charge in [-0.05, 0) is 30.3 Å². The van der Waals surface area contributed by atoms with E-state index in [9.17, 15) is 9.76 Å². The van der Waals surface area contributed by atoms with Crippen molar-refractivity contribution < 1.29 is 18.7 Å². The van der Waals surface area contributed by atoms with Crippen LogP contribution in [-0.4, -0.2) is 67.3 Å². The molecule has 1 saturated heterocycles. The summed E-state index contributed by atoms with van der Waals surface area (Å²) in [5.41, 5.74) is 1.87. The van der Waals surface area contributed by atoms with E-state index in [0.717, 1.165) is 53.8 Å². The van der Waals surface area contributed by atoms with Gasteiger partial charge in [0.25, 0.3) is 0 Å². The Balaban J connectivity index is 1.55. The summed E-state index contributed by atoms with van der Waals surface area (Å²) in [6.45, 7) is 4.16. The molecule has 0 bridgehead atoms. The van der Waals surface area contributed by atoms with Crippen molar-refractivity contribution in [2.24, 2.45) is 0 Å². The molecule has 156 valence electrons. The number of fused-ring (bicyclic) bond motifs is 2. The number of anilines is 2. The lowest BCUT2D eigenvalue weighted by atomic mass is 10.2. The molecule has 0 spiro atoms. The number of para-hydroxylation sites is 1. The maximum atomic E-state index is 13.0.